The number of hydrogen-bond donors (Lipinski definition) is 0. The highest BCUT2D eigenvalue weighted by atomic mass is 16.5. The van der Waals surface area contributed by atoms with Crippen molar-refractivity contribution in [1.29, 1.82) is 0 Å². The Balaban J connectivity index is 1.86. The summed E-state index contributed by atoms with van der Waals surface area (Å²) in [4.78, 5) is 14.8. The summed E-state index contributed by atoms with van der Waals surface area (Å²) in [5.41, 5.74) is 2.99. The quantitative estimate of drug-likeness (QED) is 0.618. The van der Waals surface area contributed by atoms with Gasteiger partial charge in [-0.1, -0.05) is 60.7 Å². The topological polar surface area (TPSA) is 29.5 Å². The molecule has 0 saturated carbocycles. The van der Waals surface area contributed by atoms with Crippen LogP contribution in [0.2, 0.25) is 0 Å². The summed E-state index contributed by atoms with van der Waals surface area (Å²) < 4.78 is 5.05. The monoisotopic (exact) mass is 319 g/mol. The van der Waals surface area contributed by atoms with Crippen LogP contribution in [0.4, 0.5) is 0 Å². The van der Waals surface area contributed by atoms with Crippen LogP contribution >= 0.6 is 0 Å². The van der Waals surface area contributed by atoms with Gasteiger partial charge in [0.15, 0.2) is 0 Å². The smallest absolute Gasteiger partial charge is 0.250 e. The Kier molecular flexibility index (Phi) is 5.12. The molecule has 1 saturated heterocycles. The van der Waals surface area contributed by atoms with Crippen LogP contribution in [0.1, 0.15) is 11.1 Å². The third kappa shape index (κ3) is 3.74. The average Bonchev–Trinajstić information content (AvgIpc) is 2.91. The summed E-state index contributed by atoms with van der Waals surface area (Å²) in [6.07, 6.45) is 5.60. The molecule has 0 bridgehead atoms. The van der Waals surface area contributed by atoms with Crippen LogP contribution in [0, 0.1) is 5.92 Å². The minimum Gasteiger partial charge on any atom is -0.505 e. The number of carbonyl (C=O) groups excluding carboxylic acids is 1. The summed E-state index contributed by atoms with van der Waals surface area (Å²) in [7, 11) is 1.62. The number of nitrogens with zero attached hydrogens (tertiary/aromatic N) is 1. The van der Waals surface area contributed by atoms with E-state index in [-0.39, 0.29) is 11.8 Å². The van der Waals surface area contributed by atoms with Crippen LogP contribution in [0.3, 0.4) is 0 Å². The van der Waals surface area contributed by atoms with Gasteiger partial charge in [-0.25, -0.2) is 0 Å². The maximum Gasteiger partial charge on any atom is 0.250 e. The molecule has 1 atom stereocenters. The molecule has 0 aromatic heterocycles. The van der Waals surface area contributed by atoms with Crippen LogP contribution in [-0.2, 0) is 16.1 Å². The van der Waals surface area contributed by atoms with Crippen molar-refractivity contribution in [3.05, 3.63) is 89.7 Å². The highest BCUT2D eigenvalue weighted by Gasteiger charge is 2.33. The Morgan fingerprint density at radius 2 is 1.75 bits per heavy atom. The Bertz CT molecular complexity index is 735. The van der Waals surface area contributed by atoms with Gasteiger partial charge in [0.25, 0.3) is 5.91 Å². The fourth-order valence-electron chi connectivity index (χ4n) is 2.94. The van der Waals surface area contributed by atoms with Crippen molar-refractivity contribution in [2.75, 3.05) is 13.7 Å². The van der Waals surface area contributed by atoms with Gasteiger partial charge in [0.2, 0.25) is 0 Å². The number of hydrogen-bond acceptors (Lipinski definition) is 2. The van der Waals surface area contributed by atoms with E-state index in [9.17, 15) is 4.79 Å². The Hall–Kier alpha value is -2.81. The van der Waals surface area contributed by atoms with Crippen molar-refractivity contribution < 1.29 is 9.53 Å². The van der Waals surface area contributed by atoms with Crippen LogP contribution in [0.5, 0.6) is 0 Å². The number of likely N-dealkylation sites (tertiary alicyclic amines) is 1. The standard InChI is InChI=1S/C21H21NO2/c1-24-13-12-19-16-22(15-18-10-6-3-7-11-18)21(23)20(19)14-17-8-4-2-5-9-17/h2-14,19H,15-16H2,1H3/b13-12+,20-14-. The minimum atomic E-state index is 0.0429. The zero-order valence-corrected chi connectivity index (χ0v) is 13.8. The molecule has 1 heterocycles. The van der Waals surface area contributed by atoms with E-state index in [1.54, 1.807) is 13.4 Å². The van der Waals surface area contributed by atoms with Crippen molar-refractivity contribution in [3.63, 3.8) is 0 Å². The van der Waals surface area contributed by atoms with Crippen LogP contribution in [0.25, 0.3) is 6.08 Å². The predicted molar refractivity (Wildman–Crippen MR) is 95.9 cm³/mol. The second-order valence-electron chi connectivity index (χ2n) is 5.85. The number of amides is 1. The van der Waals surface area contributed by atoms with Gasteiger partial charge < -0.3 is 9.64 Å². The van der Waals surface area contributed by atoms with E-state index < -0.39 is 0 Å². The Morgan fingerprint density at radius 1 is 1.08 bits per heavy atom. The first-order chi connectivity index (χ1) is 11.8. The van der Waals surface area contributed by atoms with E-state index in [2.05, 4.69) is 0 Å². The summed E-state index contributed by atoms with van der Waals surface area (Å²) >= 11 is 0. The predicted octanol–water partition coefficient (Wildman–Crippen LogP) is 3.89. The van der Waals surface area contributed by atoms with E-state index in [1.807, 2.05) is 77.7 Å². The van der Waals surface area contributed by atoms with E-state index in [0.29, 0.717) is 13.1 Å². The molecule has 0 aliphatic carbocycles. The fraction of sp³-hybridized carbons (Fsp3) is 0.190. The molecule has 1 fully saturated rings. The molecule has 3 heteroatoms. The summed E-state index contributed by atoms with van der Waals surface area (Å²) in [6, 6.07) is 20.0. The van der Waals surface area contributed by atoms with Crippen LogP contribution in [0.15, 0.2) is 78.6 Å². The molecule has 1 aliphatic rings. The number of methoxy groups -OCH3 is 1. The number of carbonyl (C=O) groups is 1. The molecule has 1 aliphatic heterocycles. The molecule has 2 aromatic carbocycles. The Morgan fingerprint density at radius 3 is 2.42 bits per heavy atom. The van der Waals surface area contributed by atoms with Gasteiger partial charge in [-0.15, -0.1) is 0 Å². The number of benzene rings is 2. The molecule has 0 N–H and O–H groups in total. The van der Waals surface area contributed by atoms with Crippen molar-refractivity contribution in [1.82, 2.24) is 4.90 Å². The molecule has 122 valence electrons. The van der Waals surface area contributed by atoms with Gasteiger partial charge in [0, 0.05) is 24.6 Å². The molecule has 1 unspecified atom stereocenters. The van der Waals surface area contributed by atoms with Crippen molar-refractivity contribution in [2.45, 2.75) is 6.54 Å². The van der Waals surface area contributed by atoms with Gasteiger partial charge in [-0.2, -0.15) is 0 Å². The van der Waals surface area contributed by atoms with Gasteiger partial charge in [0.1, 0.15) is 0 Å². The lowest BCUT2D eigenvalue weighted by molar-refractivity contribution is -0.125. The zero-order valence-electron chi connectivity index (χ0n) is 13.8. The first-order valence-corrected chi connectivity index (χ1v) is 8.07. The largest absolute Gasteiger partial charge is 0.505 e. The summed E-state index contributed by atoms with van der Waals surface area (Å²) in [5, 5.41) is 0. The molecule has 3 rings (SSSR count). The summed E-state index contributed by atoms with van der Waals surface area (Å²) in [6.45, 7) is 1.30. The maximum atomic E-state index is 12.9. The second kappa shape index (κ2) is 7.64. The normalized spacial score (nSPS) is 19.4. The Labute approximate surface area is 142 Å². The van der Waals surface area contributed by atoms with Gasteiger partial charge in [-0.3, -0.25) is 4.79 Å². The SMILES string of the molecule is CO/C=C/C1CN(Cc2ccccc2)C(=O)/C1=C\c1ccccc1. The fourth-order valence-corrected chi connectivity index (χ4v) is 2.94. The second-order valence-corrected chi connectivity index (χ2v) is 5.85. The molecule has 24 heavy (non-hydrogen) atoms. The first kappa shape index (κ1) is 16.1. The van der Waals surface area contributed by atoms with Gasteiger partial charge >= 0.3 is 0 Å². The third-order valence-corrected chi connectivity index (χ3v) is 4.14. The third-order valence-electron chi connectivity index (χ3n) is 4.14. The molecule has 2 aromatic rings. The highest BCUT2D eigenvalue weighted by molar-refractivity contribution is 6.01. The lowest BCUT2D eigenvalue weighted by Gasteiger charge is -2.15. The minimum absolute atomic E-state index is 0.0429. The number of ether oxygens (including phenoxy) is 1. The number of rotatable bonds is 5. The molecule has 0 radical (unpaired) electrons. The molecule has 0 spiro atoms. The average molecular weight is 319 g/mol. The lowest BCUT2D eigenvalue weighted by Crippen LogP contribution is -2.24. The zero-order chi connectivity index (χ0) is 16.8. The highest BCUT2D eigenvalue weighted by Crippen LogP contribution is 2.28. The van der Waals surface area contributed by atoms with E-state index in [0.717, 1.165) is 16.7 Å². The van der Waals surface area contributed by atoms with E-state index in [1.165, 1.54) is 0 Å². The van der Waals surface area contributed by atoms with E-state index >= 15 is 0 Å². The van der Waals surface area contributed by atoms with Crippen LogP contribution in [-0.4, -0.2) is 24.5 Å². The lowest BCUT2D eigenvalue weighted by atomic mass is 10.00. The van der Waals surface area contributed by atoms with E-state index in [4.69, 9.17) is 4.74 Å². The molecule has 3 nitrogen and oxygen atoms in total. The van der Waals surface area contributed by atoms with Gasteiger partial charge in [-0.05, 0) is 23.3 Å². The molecular weight excluding hydrogens is 298 g/mol. The van der Waals surface area contributed by atoms with Crippen molar-refractivity contribution >= 4 is 12.0 Å². The van der Waals surface area contributed by atoms with Gasteiger partial charge in [0.05, 0.1) is 13.4 Å². The first-order valence-electron chi connectivity index (χ1n) is 8.07. The maximum absolute atomic E-state index is 12.9. The molecule has 1 amide bonds. The van der Waals surface area contributed by atoms with Crippen molar-refractivity contribution in [3.8, 4) is 0 Å². The van der Waals surface area contributed by atoms with Crippen LogP contribution < -0.4 is 0 Å². The molecular formula is C21H21NO2. The summed E-state index contributed by atoms with van der Waals surface area (Å²) in [5.74, 6) is 0.134. The van der Waals surface area contributed by atoms with Crippen molar-refractivity contribution in [2.24, 2.45) is 5.92 Å².